The van der Waals surface area contributed by atoms with E-state index in [0.29, 0.717) is 19.4 Å². The lowest BCUT2D eigenvalue weighted by Crippen LogP contribution is -2.27. The first kappa shape index (κ1) is 60.1. The van der Waals surface area contributed by atoms with Crippen molar-refractivity contribution in [1.29, 1.82) is 0 Å². The van der Waals surface area contributed by atoms with E-state index < -0.39 is 0 Å². The molecule has 6 nitrogen and oxygen atoms in total. The van der Waals surface area contributed by atoms with Crippen LogP contribution in [0.15, 0.2) is 0 Å². The minimum Gasteiger partial charge on any atom is -0.466 e. The molecule has 0 aliphatic rings. The van der Waals surface area contributed by atoms with E-state index in [9.17, 15) is 9.59 Å². The summed E-state index contributed by atoms with van der Waals surface area (Å²) in [6.45, 7) is 15.0. The van der Waals surface area contributed by atoms with E-state index in [-0.39, 0.29) is 5.97 Å². The van der Waals surface area contributed by atoms with Crippen LogP contribution in [0.1, 0.15) is 272 Å². The molecule has 0 saturated heterocycles. The summed E-state index contributed by atoms with van der Waals surface area (Å²) in [5, 5.41) is 0. The molecule has 0 radical (unpaired) electrons. The first-order chi connectivity index (χ1) is 29.0. The quantitative estimate of drug-likeness (QED) is 0.0373. The molecule has 0 bridgehead atoms. The number of nitrogens with two attached hydrogens (primary N) is 1. The summed E-state index contributed by atoms with van der Waals surface area (Å²) in [5.74, 6) is 1.79. The highest BCUT2D eigenvalue weighted by Crippen LogP contribution is 2.24. The lowest BCUT2D eigenvalue weighted by Gasteiger charge is -2.22. The fraction of sp³-hybridized carbons (Fsp3) is 0.962. The maximum absolute atomic E-state index is 12.2. The van der Waals surface area contributed by atoms with Gasteiger partial charge in [0.05, 0.1) is 6.61 Å². The van der Waals surface area contributed by atoms with Crippen LogP contribution in [0.3, 0.4) is 0 Å². The van der Waals surface area contributed by atoms with Gasteiger partial charge in [-0.05, 0) is 102 Å². The maximum Gasteiger partial charge on any atom is 0.305 e. The highest BCUT2D eigenvalue weighted by molar-refractivity contribution is 5.69. The number of unbranched alkanes of at least 4 members (excludes halogenated alkanes) is 22. The zero-order valence-corrected chi connectivity index (χ0v) is 41.0. The van der Waals surface area contributed by atoms with E-state index in [2.05, 4.69) is 32.6 Å². The highest BCUT2D eigenvalue weighted by atomic mass is 16.5. The average Bonchev–Trinajstić information content (AvgIpc) is 3.24. The van der Waals surface area contributed by atoms with Crippen molar-refractivity contribution in [2.75, 3.05) is 46.5 Å². The van der Waals surface area contributed by atoms with Crippen molar-refractivity contribution in [1.82, 2.24) is 4.90 Å². The lowest BCUT2D eigenvalue weighted by molar-refractivity contribution is -0.144. The first-order valence-electron chi connectivity index (χ1n) is 26.5. The molecule has 0 aromatic carbocycles. The number of carbonyl (C=O) groups is 2. The van der Waals surface area contributed by atoms with Gasteiger partial charge in [-0.25, -0.2) is 0 Å². The number of nitrogens with zero attached hydrogens (tertiary/aromatic N) is 1. The fourth-order valence-electron chi connectivity index (χ4n) is 8.50. The van der Waals surface area contributed by atoms with Crippen LogP contribution in [0.4, 0.5) is 0 Å². The zero-order valence-electron chi connectivity index (χ0n) is 41.0. The Balaban J connectivity index is 0. The van der Waals surface area contributed by atoms with Gasteiger partial charge in [0.15, 0.2) is 0 Å². The van der Waals surface area contributed by atoms with Gasteiger partial charge in [-0.15, -0.1) is 0 Å². The maximum atomic E-state index is 12.2. The van der Waals surface area contributed by atoms with Crippen molar-refractivity contribution in [2.45, 2.75) is 272 Å². The summed E-state index contributed by atoms with van der Waals surface area (Å²) >= 11 is 0. The number of rotatable bonds is 48. The second-order valence-corrected chi connectivity index (χ2v) is 18.2. The van der Waals surface area contributed by atoms with Crippen molar-refractivity contribution >= 4 is 12.3 Å². The predicted octanol–water partition coefficient (Wildman–Crippen LogP) is 15.8. The Morgan fingerprint density at radius 2 is 0.847 bits per heavy atom. The first-order valence-corrected chi connectivity index (χ1v) is 26.5. The molecule has 0 unspecified atom stereocenters. The van der Waals surface area contributed by atoms with Gasteiger partial charge in [0.25, 0.3) is 0 Å². The van der Waals surface area contributed by atoms with Crippen molar-refractivity contribution < 1.29 is 19.1 Å². The molecule has 0 aliphatic carbocycles. The molecule has 0 aromatic heterocycles. The van der Waals surface area contributed by atoms with Gasteiger partial charge < -0.3 is 24.9 Å². The molecule has 354 valence electrons. The second-order valence-electron chi connectivity index (χ2n) is 18.2. The molecule has 0 atom stereocenters. The minimum absolute atomic E-state index is 0.00433. The number of methoxy groups -OCH3 is 1. The second kappa shape index (κ2) is 53.2. The summed E-state index contributed by atoms with van der Waals surface area (Å²) in [7, 11) is 1.82. The molecular weight excluding hydrogens is 729 g/mol. The monoisotopic (exact) mass is 837 g/mol. The molecular formula is C53H108N2O4. The molecule has 0 fully saturated rings. The summed E-state index contributed by atoms with van der Waals surface area (Å²) in [6, 6.07) is 0. The zero-order chi connectivity index (χ0) is 43.5. The molecule has 0 spiro atoms. The summed E-state index contributed by atoms with van der Waals surface area (Å²) in [5.41, 5.74) is 5.70. The van der Waals surface area contributed by atoms with Gasteiger partial charge in [0.1, 0.15) is 6.29 Å². The highest BCUT2D eigenvalue weighted by Gasteiger charge is 2.11. The molecule has 2 N–H and O–H groups in total. The number of aldehydes is 1. The van der Waals surface area contributed by atoms with Crippen LogP contribution < -0.4 is 5.73 Å². The van der Waals surface area contributed by atoms with Crippen molar-refractivity contribution in [2.24, 2.45) is 17.6 Å². The Bertz CT molecular complexity index is 771. The number of carbonyl (C=O) groups excluding carboxylic acids is 2. The van der Waals surface area contributed by atoms with Gasteiger partial charge in [-0.2, -0.15) is 0 Å². The number of hydrogen-bond donors (Lipinski definition) is 1. The van der Waals surface area contributed by atoms with Crippen LogP contribution >= 0.6 is 0 Å². The number of hydrogen-bond acceptors (Lipinski definition) is 6. The third kappa shape index (κ3) is 49.6. The van der Waals surface area contributed by atoms with Crippen LogP contribution in [0, 0.1) is 11.8 Å². The van der Waals surface area contributed by atoms with E-state index in [1.165, 1.54) is 212 Å². The SMILES string of the molecule is CCCCCCC(CCCCCC)CCCOC.CCCCCCC(CCCCCC)CCCOC(=O)CCCCCCCN(CCCCN)CCCCCCCC=O. The fourth-order valence-corrected chi connectivity index (χ4v) is 8.50. The van der Waals surface area contributed by atoms with E-state index in [1.54, 1.807) is 0 Å². The van der Waals surface area contributed by atoms with Crippen molar-refractivity contribution in [3.05, 3.63) is 0 Å². The Hall–Kier alpha value is -0.980. The van der Waals surface area contributed by atoms with Gasteiger partial charge in [0, 0.05) is 26.6 Å². The summed E-state index contributed by atoms with van der Waals surface area (Å²) < 4.78 is 10.8. The molecule has 0 aliphatic heterocycles. The Morgan fingerprint density at radius 3 is 1.27 bits per heavy atom. The molecule has 0 saturated carbocycles. The third-order valence-electron chi connectivity index (χ3n) is 12.4. The molecule has 0 rings (SSSR count). The Labute approximate surface area is 370 Å². The average molecular weight is 837 g/mol. The van der Waals surface area contributed by atoms with E-state index in [4.69, 9.17) is 15.2 Å². The van der Waals surface area contributed by atoms with E-state index in [1.807, 2.05) is 7.11 Å². The van der Waals surface area contributed by atoms with Crippen molar-refractivity contribution in [3.8, 4) is 0 Å². The molecule has 59 heavy (non-hydrogen) atoms. The van der Waals surface area contributed by atoms with Gasteiger partial charge in [0.2, 0.25) is 0 Å². The van der Waals surface area contributed by atoms with Gasteiger partial charge in [-0.1, -0.05) is 195 Å². The van der Waals surface area contributed by atoms with Gasteiger partial charge in [-0.3, -0.25) is 4.79 Å². The van der Waals surface area contributed by atoms with Gasteiger partial charge >= 0.3 is 5.97 Å². The topological polar surface area (TPSA) is 81.9 Å². The minimum atomic E-state index is 0.00433. The summed E-state index contributed by atoms with van der Waals surface area (Å²) in [6.07, 6.45) is 49.0. The predicted molar refractivity (Wildman–Crippen MR) is 260 cm³/mol. The molecule has 0 amide bonds. The molecule has 0 aromatic rings. The standard InChI is InChI=1S/C36H72N2O3.C17H36O/c1-3-5-7-16-25-35(26-17-8-6-4-2)27-24-34-41-36(40)28-18-12-11-14-21-31-38(32-22-19-29-37)30-20-13-9-10-15-23-33-39;1-4-6-8-10-13-17(15-12-16-18-3)14-11-9-7-5-2/h33,35H,3-32,34,37H2,1-2H3;17H,4-16H2,1-3H3. The van der Waals surface area contributed by atoms with Crippen molar-refractivity contribution in [3.63, 3.8) is 0 Å². The van der Waals surface area contributed by atoms with Crippen LogP contribution in [0.25, 0.3) is 0 Å². The van der Waals surface area contributed by atoms with E-state index >= 15 is 0 Å². The van der Waals surface area contributed by atoms with Crippen LogP contribution in [0.5, 0.6) is 0 Å². The number of ether oxygens (including phenoxy) is 2. The third-order valence-corrected chi connectivity index (χ3v) is 12.4. The van der Waals surface area contributed by atoms with Crippen LogP contribution in [-0.2, 0) is 19.1 Å². The van der Waals surface area contributed by atoms with Crippen LogP contribution in [-0.4, -0.2) is 63.7 Å². The Morgan fingerprint density at radius 1 is 0.475 bits per heavy atom. The normalized spacial score (nSPS) is 11.5. The molecule has 6 heteroatoms. The van der Waals surface area contributed by atoms with E-state index in [0.717, 1.165) is 69.9 Å². The smallest absolute Gasteiger partial charge is 0.305 e. The largest absolute Gasteiger partial charge is 0.466 e. The Kier molecular flexibility index (Phi) is 54.2. The molecule has 0 heterocycles. The lowest BCUT2D eigenvalue weighted by atomic mass is 9.91. The number of esters is 1. The van der Waals surface area contributed by atoms with Crippen LogP contribution in [0.2, 0.25) is 0 Å². The summed E-state index contributed by atoms with van der Waals surface area (Å²) in [4.78, 5) is 25.3.